The Morgan fingerprint density at radius 1 is 1.03 bits per heavy atom. The van der Waals surface area contributed by atoms with Gasteiger partial charge in [0.15, 0.2) is 5.69 Å². The third-order valence-corrected chi connectivity index (χ3v) is 6.58. The van der Waals surface area contributed by atoms with Crippen molar-refractivity contribution in [2.24, 2.45) is 5.73 Å². The first-order chi connectivity index (χ1) is 18.7. The van der Waals surface area contributed by atoms with Gasteiger partial charge in [0.05, 0.1) is 18.9 Å². The number of carbonyl (C=O) groups is 4. The van der Waals surface area contributed by atoms with Crippen LogP contribution in [0, 0.1) is 0 Å². The van der Waals surface area contributed by atoms with Crippen molar-refractivity contribution in [3.8, 4) is 5.75 Å². The summed E-state index contributed by atoms with van der Waals surface area (Å²) in [5.41, 5.74) is 12.8. The number of rotatable bonds is 12. The van der Waals surface area contributed by atoms with Crippen LogP contribution in [0.25, 0.3) is 0 Å². The summed E-state index contributed by atoms with van der Waals surface area (Å²) >= 11 is 0.714. The Morgan fingerprint density at radius 2 is 1.72 bits per heavy atom. The number of hydrogen-bond acceptors (Lipinski definition) is 9. The molecule has 1 aromatic heterocycles. The highest BCUT2D eigenvalue weighted by Crippen LogP contribution is 2.35. The average molecular weight is 554 g/mol. The van der Waals surface area contributed by atoms with Crippen LogP contribution in [0.2, 0.25) is 0 Å². The van der Waals surface area contributed by atoms with Crippen LogP contribution < -0.4 is 26.4 Å². The molecule has 12 heteroatoms. The maximum Gasteiger partial charge on any atom is 0.325 e. The number of nitrogens with zero attached hydrogens (tertiary/aromatic N) is 2. The average Bonchev–Trinajstić information content (AvgIpc) is 3.32. The van der Waals surface area contributed by atoms with Gasteiger partial charge in [0.2, 0.25) is 5.91 Å². The van der Waals surface area contributed by atoms with Crippen LogP contribution in [0.1, 0.15) is 58.1 Å². The summed E-state index contributed by atoms with van der Waals surface area (Å²) in [6, 6.07) is 12.6. The Hall–Kier alpha value is -4.45. The molecule has 0 aliphatic carbocycles. The molecule has 1 atom stereocenters. The van der Waals surface area contributed by atoms with Crippen molar-refractivity contribution in [3.05, 3.63) is 70.2 Å². The topological polar surface area (TPSA) is 167 Å². The summed E-state index contributed by atoms with van der Waals surface area (Å²) in [6.07, 6.45) is 0.547. The lowest BCUT2D eigenvalue weighted by molar-refractivity contribution is -0.143. The summed E-state index contributed by atoms with van der Waals surface area (Å²) in [4.78, 5) is 53.0. The number of esters is 1. The van der Waals surface area contributed by atoms with Gasteiger partial charge in [0.25, 0.3) is 11.8 Å². The number of primary amides is 1. The molecule has 1 unspecified atom stereocenters. The number of benzene rings is 2. The molecule has 0 radical (unpaired) electrons. The number of carbonyl (C=O) groups excluding carboxylic acids is 4. The molecule has 0 aliphatic heterocycles. The van der Waals surface area contributed by atoms with Crippen LogP contribution in [-0.2, 0) is 20.7 Å². The van der Waals surface area contributed by atoms with Crippen molar-refractivity contribution >= 4 is 46.6 Å². The zero-order chi connectivity index (χ0) is 28.5. The summed E-state index contributed by atoms with van der Waals surface area (Å²) in [5.74, 6) is -2.22. The minimum atomic E-state index is -1.24. The molecule has 1 heterocycles. The van der Waals surface area contributed by atoms with Crippen molar-refractivity contribution in [1.29, 1.82) is 0 Å². The number of hydrogen-bond donors (Lipinski definition) is 3. The Bertz CT molecular complexity index is 1340. The fraction of sp³-hybridized carbons (Fsp3) is 0.296. The van der Waals surface area contributed by atoms with Crippen LogP contribution in [-0.4, -0.2) is 47.8 Å². The molecule has 2 aromatic carbocycles. The molecule has 39 heavy (non-hydrogen) atoms. The van der Waals surface area contributed by atoms with E-state index in [1.54, 1.807) is 43.3 Å². The molecule has 3 aromatic rings. The second-order valence-corrected chi connectivity index (χ2v) is 9.00. The monoisotopic (exact) mass is 553 g/mol. The van der Waals surface area contributed by atoms with Gasteiger partial charge in [-0.1, -0.05) is 37.3 Å². The lowest BCUT2D eigenvalue weighted by Gasteiger charge is -2.32. The summed E-state index contributed by atoms with van der Waals surface area (Å²) in [6.45, 7) is 5.63. The Kier molecular flexibility index (Phi) is 9.98. The molecule has 3 rings (SSSR count). The fourth-order valence-corrected chi connectivity index (χ4v) is 4.69. The van der Waals surface area contributed by atoms with Gasteiger partial charge in [-0.3, -0.25) is 24.1 Å². The van der Waals surface area contributed by atoms with Crippen LogP contribution in [0.15, 0.2) is 48.5 Å². The van der Waals surface area contributed by atoms with Crippen molar-refractivity contribution in [2.75, 3.05) is 30.4 Å². The number of nitrogens with two attached hydrogens (primary N) is 2. The van der Waals surface area contributed by atoms with Crippen LogP contribution in [0.4, 0.5) is 11.4 Å². The number of nitrogens with one attached hydrogen (secondary N) is 1. The normalized spacial score (nSPS) is 11.4. The van der Waals surface area contributed by atoms with Crippen LogP contribution in [0.5, 0.6) is 5.75 Å². The van der Waals surface area contributed by atoms with Gasteiger partial charge >= 0.3 is 5.97 Å². The molecular weight excluding hydrogens is 522 g/mol. The highest BCUT2D eigenvalue weighted by Gasteiger charge is 2.37. The van der Waals surface area contributed by atoms with Crippen molar-refractivity contribution in [3.63, 3.8) is 0 Å². The smallest absolute Gasteiger partial charge is 0.325 e. The Morgan fingerprint density at radius 3 is 2.31 bits per heavy atom. The third kappa shape index (κ3) is 6.71. The molecule has 0 saturated carbocycles. The highest BCUT2D eigenvalue weighted by molar-refractivity contribution is 7.09. The number of aryl methyl sites for hydroxylation is 1. The van der Waals surface area contributed by atoms with E-state index in [-0.39, 0.29) is 22.9 Å². The summed E-state index contributed by atoms with van der Waals surface area (Å²) in [7, 11) is 0. The van der Waals surface area contributed by atoms with Crippen LogP contribution in [0.3, 0.4) is 0 Å². The second kappa shape index (κ2) is 13.4. The number of amides is 3. The van der Waals surface area contributed by atoms with E-state index in [1.165, 1.54) is 4.90 Å². The van der Waals surface area contributed by atoms with Crippen molar-refractivity contribution in [2.45, 2.75) is 33.2 Å². The van der Waals surface area contributed by atoms with Gasteiger partial charge in [0, 0.05) is 5.69 Å². The zero-order valence-corrected chi connectivity index (χ0v) is 22.7. The maximum absolute atomic E-state index is 14.2. The largest absolute Gasteiger partial charge is 0.494 e. The van der Waals surface area contributed by atoms with E-state index < -0.39 is 36.3 Å². The van der Waals surface area contributed by atoms with E-state index >= 15 is 0 Å². The van der Waals surface area contributed by atoms with E-state index in [0.29, 0.717) is 41.6 Å². The molecule has 3 amide bonds. The van der Waals surface area contributed by atoms with Gasteiger partial charge in [-0.15, -0.1) is 0 Å². The molecule has 0 spiro atoms. The lowest BCUT2D eigenvalue weighted by atomic mass is 10.00. The molecule has 0 saturated heterocycles. The van der Waals surface area contributed by atoms with Gasteiger partial charge < -0.3 is 26.3 Å². The first-order valence-electron chi connectivity index (χ1n) is 12.4. The molecule has 0 fully saturated rings. The number of aromatic nitrogens is 1. The SMILES string of the molecule is CCOC(=O)CNC(=O)C(c1ccc(OCC)cc1)N(C(=O)c1snc(C(N)=O)c1N)c1ccccc1CC. The number of ether oxygens (including phenoxy) is 2. The number of anilines is 2. The highest BCUT2D eigenvalue weighted by atomic mass is 32.1. The molecular formula is C27H31N5O6S. The first-order valence-corrected chi connectivity index (χ1v) is 13.1. The van der Waals surface area contributed by atoms with Gasteiger partial charge in [-0.2, -0.15) is 4.37 Å². The minimum Gasteiger partial charge on any atom is -0.494 e. The predicted octanol–water partition coefficient (Wildman–Crippen LogP) is 2.85. The molecule has 0 bridgehead atoms. The van der Waals surface area contributed by atoms with Gasteiger partial charge in [-0.25, -0.2) is 0 Å². The second-order valence-electron chi connectivity index (χ2n) is 8.22. The summed E-state index contributed by atoms with van der Waals surface area (Å²) in [5, 5.41) is 2.58. The molecule has 5 N–H and O–H groups in total. The first kappa shape index (κ1) is 29.1. The number of para-hydroxylation sites is 1. The van der Waals surface area contributed by atoms with E-state index in [1.807, 2.05) is 26.0 Å². The van der Waals surface area contributed by atoms with E-state index in [2.05, 4.69) is 9.69 Å². The lowest BCUT2D eigenvalue weighted by Crippen LogP contribution is -2.45. The summed E-state index contributed by atoms with van der Waals surface area (Å²) < 4.78 is 14.4. The zero-order valence-electron chi connectivity index (χ0n) is 21.9. The molecule has 206 valence electrons. The van der Waals surface area contributed by atoms with E-state index in [4.69, 9.17) is 20.9 Å². The Labute approximate surface area is 230 Å². The van der Waals surface area contributed by atoms with Crippen LogP contribution >= 0.6 is 11.5 Å². The maximum atomic E-state index is 14.2. The quantitative estimate of drug-likeness (QED) is 0.288. The van der Waals surface area contributed by atoms with Gasteiger partial charge in [-0.05, 0) is 61.1 Å². The standard InChI is InChI=1S/C27H31N5O6S/c1-4-16-9-7-8-10-19(16)32(27(36)24-21(28)22(25(29)34)31-39-24)23(26(35)30-15-20(33)38-6-3)17-11-13-18(14-12-17)37-5-2/h7-14,23H,4-6,15,28H2,1-3H3,(H2,29,34)(H,30,35). The van der Waals surface area contributed by atoms with Crippen molar-refractivity contribution < 1.29 is 28.7 Å². The molecule has 0 aliphatic rings. The van der Waals surface area contributed by atoms with Crippen molar-refractivity contribution in [1.82, 2.24) is 9.69 Å². The number of nitrogen functional groups attached to an aromatic ring is 1. The fourth-order valence-electron chi connectivity index (χ4n) is 3.95. The minimum absolute atomic E-state index is 0.0520. The van der Waals surface area contributed by atoms with E-state index in [0.717, 1.165) is 5.56 Å². The van der Waals surface area contributed by atoms with E-state index in [9.17, 15) is 19.2 Å². The third-order valence-electron chi connectivity index (χ3n) is 5.73. The van der Waals surface area contributed by atoms with Gasteiger partial charge in [0.1, 0.15) is 23.2 Å². The Balaban J connectivity index is 2.20. The predicted molar refractivity (Wildman–Crippen MR) is 148 cm³/mol. The molecule has 11 nitrogen and oxygen atoms in total.